The number of hydrogen-bond donors (Lipinski definition) is 1. The molecule has 1 heterocycles. The second kappa shape index (κ2) is 4.11. The molecule has 0 radical (unpaired) electrons. The van der Waals surface area contributed by atoms with E-state index in [9.17, 15) is 0 Å². The van der Waals surface area contributed by atoms with Crippen molar-refractivity contribution in [2.45, 2.75) is 25.9 Å². The van der Waals surface area contributed by atoms with Gasteiger partial charge in [0.05, 0.1) is 7.11 Å². The predicted molar refractivity (Wildman–Crippen MR) is 59.5 cm³/mol. The molecule has 0 amide bonds. The quantitative estimate of drug-likeness (QED) is 0.817. The van der Waals surface area contributed by atoms with Gasteiger partial charge in [-0.15, -0.1) is 0 Å². The van der Waals surface area contributed by atoms with Crippen molar-refractivity contribution in [3.05, 3.63) is 23.3 Å². The van der Waals surface area contributed by atoms with E-state index in [0.717, 1.165) is 29.9 Å². The van der Waals surface area contributed by atoms with Crippen molar-refractivity contribution in [3.8, 4) is 11.5 Å². The largest absolute Gasteiger partial charge is 0.496 e. The normalized spacial score (nSPS) is 18.5. The van der Waals surface area contributed by atoms with Gasteiger partial charge in [-0.05, 0) is 37.6 Å². The van der Waals surface area contributed by atoms with Crippen molar-refractivity contribution in [2.75, 3.05) is 13.7 Å². The first kappa shape index (κ1) is 10.3. The second-order valence-electron chi connectivity index (χ2n) is 3.94. The molecule has 0 fully saturated rings. The minimum atomic E-state index is 0.276. The van der Waals surface area contributed by atoms with Crippen molar-refractivity contribution < 1.29 is 9.47 Å². The smallest absolute Gasteiger partial charge is 0.123 e. The van der Waals surface area contributed by atoms with E-state index in [0.29, 0.717) is 6.54 Å². The molecule has 1 atom stereocenters. The number of methoxy groups -OCH3 is 1. The number of hydrogen-bond acceptors (Lipinski definition) is 3. The second-order valence-corrected chi connectivity index (χ2v) is 3.94. The molecule has 1 aromatic carbocycles. The number of fused-ring (bicyclic) bond motifs is 1. The highest BCUT2D eigenvalue weighted by Crippen LogP contribution is 2.34. The van der Waals surface area contributed by atoms with Crippen LogP contribution in [0.5, 0.6) is 11.5 Å². The number of rotatable bonds is 3. The van der Waals surface area contributed by atoms with E-state index in [4.69, 9.17) is 15.2 Å². The monoisotopic (exact) mass is 207 g/mol. The van der Waals surface area contributed by atoms with Gasteiger partial charge in [0.2, 0.25) is 0 Å². The van der Waals surface area contributed by atoms with Crippen molar-refractivity contribution in [2.24, 2.45) is 5.73 Å². The molecule has 0 saturated carbocycles. The van der Waals surface area contributed by atoms with Crippen LogP contribution in [0, 0.1) is 0 Å². The molecule has 1 aromatic rings. The summed E-state index contributed by atoms with van der Waals surface area (Å²) in [6.45, 7) is 2.71. The maximum Gasteiger partial charge on any atom is 0.123 e. The summed E-state index contributed by atoms with van der Waals surface area (Å²) in [6, 6.07) is 4.13. The predicted octanol–water partition coefficient (Wildman–Crippen LogP) is 1.52. The van der Waals surface area contributed by atoms with Crippen LogP contribution in [-0.4, -0.2) is 19.8 Å². The zero-order chi connectivity index (χ0) is 10.8. The third-order valence-electron chi connectivity index (χ3n) is 2.71. The van der Waals surface area contributed by atoms with Crippen LogP contribution in [0.1, 0.15) is 18.1 Å². The number of benzene rings is 1. The summed E-state index contributed by atoms with van der Waals surface area (Å²) in [5, 5.41) is 0. The van der Waals surface area contributed by atoms with Crippen molar-refractivity contribution in [1.29, 1.82) is 0 Å². The van der Waals surface area contributed by atoms with Gasteiger partial charge < -0.3 is 15.2 Å². The van der Waals surface area contributed by atoms with Crippen LogP contribution in [0.2, 0.25) is 0 Å². The minimum Gasteiger partial charge on any atom is -0.496 e. The first-order valence-electron chi connectivity index (χ1n) is 5.31. The van der Waals surface area contributed by atoms with E-state index in [1.165, 1.54) is 5.56 Å². The summed E-state index contributed by atoms with van der Waals surface area (Å²) >= 11 is 0. The summed E-state index contributed by atoms with van der Waals surface area (Å²) in [4.78, 5) is 0. The van der Waals surface area contributed by atoms with Crippen molar-refractivity contribution in [3.63, 3.8) is 0 Å². The Kier molecular flexibility index (Phi) is 2.82. The summed E-state index contributed by atoms with van der Waals surface area (Å²) in [7, 11) is 1.70. The Bertz CT molecular complexity index is 363. The summed E-state index contributed by atoms with van der Waals surface area (Å²) < 4.78 is 11.0. The van der Waals surface area contributed by atoms with Crippen LogP contribution in [0.3, 0.4) is 0 Å². The molecule has 2 rings (SSSR count). The maximum atomic E-state index is 5.70. The van der Waals surface area contributed by atoms with E-state index >= 15 is 0 Å². The highest BCUT2D eigenvalue weighted by atomic mass is 16.5. The average molecular weight is 207 g/mol. The molecule has 1 aliphatic rings. The van der Waals surface area contributed by atoms with Crippen LogP contribution < -0.4 is 15.2 Å². The SMILES string of the molecule is COc1cc2c(cc1CCN)O[C@H](C)C2. The Labute approximate surface area is 90.2 Å². The summed E-state index contributed by atoms with van der Waals surface area (Å²) in [6.07, 6.45) is 2.07. The summed E-state index contributed by atoms with van der Waals surface area (Å²) in [5.74, 6) is 1.92. The first-order chi connectivity index (χ1) is 7.24. The van der Waals surface area contributed by atoms with E-state index in [2.05, 4.69) is 19.1 Å². The molecule has 0 unspecified atom stereocenters. The molecule has 0 aromatic heterocycles. The van der Waals surface area contributed by atoms with Crippen molar-refractivity contribution in [1.82, 2.24) is 0 Å². The molecule has 0 spiro atoms. The molecule has 2 N–H and O–H groups in total. The first-order valence-corrected chi connectivity index (χ1v) is 5.31. The average Bonchev–Trinajstić information content (AvgIpc) is 2.56. The van der Waals surface area contributed by atoms with Gasteiger partial charge in [0, 0.05) is 12.0 Å². The minimum absolute atomic E-state index is 0.276. The molecule has 3 heteroatoms. The Morgan fingerprint density at radius 3 is 3.00 bits per heavy atom. The standard InChI is InChI=1S/C12H17NO2/c1-8-5-10-7-11(14-2)9(3-4-13)6-12(10)15-8/h6-8H,3-5,13H2,1-2H3/t8-/m1/s1. The van der Waals surface area contributed by atoms with Crippen LogP contribution in [0.4, 0.5) is 0 Å². The van der Waals surface area contributed by atoms with Crippen LogP contribution in [-0.2, 0) is 12.8 Å². The molecule has 82 valence electrons. The van der Waals surface area contributed by atoms with Gasteiger partial charge in [-0.3, -0.25) is 0 Å². The van der Waals surface area contributed by atoms with Crippen LogP contribution in [0.15, 0.2) is 12.1 Å². The Balaban J connectivity index is 2.36. The third kappa shape index (κ3) is 1.92. The lowest BCUT2D eigenvalue weighted by molar-refractivity contribution is 0.254. The lowest BCUT2D eigenvalue weighted by atomic mass is 10.0. The molecule has 0 aliphatic carbocycles. The van der Waals surface area contributed by atoms with Gasteiger partial charge in [0.25, 0.3) is 0 Å². The Morgan fingerprint density at radius 1 is 1.53 bits per heavy atom. The maximum absolute atomic E-state index is 5.70. The lowest BCUT2D eigenvalue weighted by Gasteiger charge is -2.10. The fraction of sp³-hybridized carbons (Fsp3) is 0.500. The highest BCUT2D eigenvalue weighted by molar-refractivity contribution is 5.48. The zero-order valence-electron chi connectivity index (χ0n) is 9.25. The van der Waals surface area contributed by atoms with Crippen LogP contribution >= 0.6 is 0 Å². The van der Waals surface area contributed by atoms with E-state index < -0.39 is 0 Å². The van der Waals surface area contributed by atoms with Gasteiger partial charge in [0.1, 0.15) is 17.6 Å². The van der Waals surface area contributed by atoms with E-state index in [1.54, 1.807) is 7.11 Å². The molecule has 0 saturated heterocycles. The van der Waals surface area contributed by atoms with Gasteiger partial charge in [-0.25, -0.2) is 0 Å². The Hall–Kier alpha value is -1.22. The molecular formula is C12H17NO2. The third-order valence-corrected chi connectivity index (χ3v) is 2.71. The number of ether oxygens (including phenoxy) is 2. The molecule has 15 heavy (non-hydrogen) atoms. The van der Waals surface area contributed by atoms with E-state index in [1.807, 2.05) is 0 Å². The van der Waals surface area contributed by atoms with Gasteiger partial charge in [0.15, 0.2) is 0 Å². The topological polar surface area (TPSA) is 44.5 Å². The van der Waals surface area contributed by atoms with Crippen molar-refractivity contribution >= 4 is 0 Å². The number of nitrogens with two attached hydrogens (primary N) is 1. The van der Waals surface area contributed by atoms with Gasteiger partial charge >= 0.3 is 0 Å². The van der Waals surface area contributed by atoms with E-state index in [-0.39, 0.29) is 6.10 Å². The molecule has 1 aliphatic heterocycles. The van der Waals surface area contributed by atoms with Gasteiger partial charge in [-0.2, -0.15) is 0 Å². The van der Waals surface area contributed by atoms with Gasteiger partial charge in [-0.1, -0.05) is 0 Å². The Morgan fingerprint density at radius 2 is 2.33 bits per heavy atom. The fourth-order valence-electron chi connectivity index (χ4n) is 2.02. The summed E-state index contributed by atoms with van der Waals surface area (Å²) in [5.41, 5.74) is 7.93. The molecular weight excluding hydrogens is 190 g/mol. The highest BCUT2D eigenvalue weighted by Gasteiger charge is 2.21. The molecule has 0 bridgehead atoms. The molecule has 3 nitrogen and oxygen atoms in total. The van der Waals surface area contributed by atoms with Crippen LogP contribution in [0.25, 0.3) is 0 Å². The fourth-order valence-corrected chi connectivity index (χ4v) is 2.02. The zero-order valence-corrected chi connectivity index (χ0v) is 9.25. The lowest BCUT2D eigenvalue weighted by Crippen LogP contribution is -2.05.